The lowest BCUT2D eigenvalue weighted by Crippen LogP contribution is -2.16. The number of Topliss-reactive ketones (excluding diaryl/α,β-unsaturated/α-hetero) is 2. The monoisotopic (exact) mass is 226 g/mol. The summed E-state index contributed by atoms with van der Waals surface area (Å²) in [6.07, 6.45) is 0. The van der Waals surface area contributed by atoms with E-state index in [2.05, 4.69) is 0 Å². The molecule has 1 aromatic carbocycles. The SMILES string of the molecule is COc1ccccc1C(Cl)C(=O)C(C)=O. The van der Waals surface area contributed by atoms with E-state index in [1.54, 1.807) is 24.3 Å². The van der Waals surface area contributed by atoms with Gasteiger partial charge in [0.2, 0.25) is 5.78 Å². The lowest BCUT2D eigenvalue weighted by Gasteiger charge is -2.11. The van der Waals surface area contributed by atoms with E-state index in [-0.39, 0.29) is 0 Å². The summed E-state index contributed by atoms with van der Waals surface area (Å²) in [6.45, 7) is 1.20. The van der Waals surface area contributed by atoms with Crippen LogP contribution in [0.2, 0.25) is 0 Å². The van der Waals surface area contributed by atoms with E-state index in [1.807, 2.05) is 0 Å². The number of carbonyl (C=O) groups excluding carboxylic acids is 2. The van der Waals surface area contributed by atoms with Gasteiger partial charge in [-0.25, -0.2) is 0 Å². The number of ether oxygens (including phenoxy) is 1. The van der Waals surface area contributed by atoms with Crippen LogP contribution in [-0.2, 0) is 9.59 Å². The van der Waals surface area contributed by atoms with Gasteiger partial charge < -0.3 is 4.74 Å². The molecular formula is C11H11ClO3. The van der Waals surface area contributed by atoms with Crippen molar-refractivity contribution in [1.29, 1.82) is 0 Å². The van der Waals surface area contributed by atoms with Gasteiger partial charge in [0.1, 0.15) is 11.1 Å². The third-order valence-electron chi connectivity index (χ3n) is 1.99. The highest BCUT2D eigenvalue weighted by atomic mass is 35.5. The molecule has 0 saturated carbocycles. The minimum Gasteiger partial charge on any atom is -0.496 e. The van der Waals surface area contributed by atoms with Crippen molar-refractivity contribution >= 4 is 23.2 Å². The van der Waals surface area contributed by atoms with Crippen LogP contribution in [0.4, 0.5) is 0 Å². The molecule has 0 N–H and O–H groups in total. The highest BCUT2D eigenvalue weighted by Gasteiger charge is 2.24. The van der Waals surface area contributed by atoms with Crippen molar-refractivity contribution in [2.75, 3.05) is 7.11 Å². The number of methoxy groups -OCH3 is 1. The van der Waals surface area contributed by atoms with Gasteiger partial charge in [0.15, 0.2) is 5.78 Å². The topological polar surface area (TPSA) is 43.4 Å². The second-order valence-corrected chi connectivity index (χ2v) is 3.46. The quantitative estimate of drug-likeness (QED) is 0.584. The molecule has 1 rings (SSSR count). The van der Waals surface area contributed by atoms with Crippen LogP contribution >= 0.6 is 11.6 Å². The van der Waals surface area contributed by atoms with Gasteiger partial charge in [-0.3, -0.25) is 9.59 Å². The molecule has 1 atom stereocenters. The Hall–Kier alpha value is -1.35. The number of halogens is 1. The van der Waals surface area contributed by atoms with Gasteiger partial charge in [0.25, 0.3) is 0 Å². The number of rotatable bonds is 4. The predicted octanol–water partition coefficient (Wildman–Crippen LogP) is 2.13. The first kappa shape index (κ1) is 11.7. The first-order valence-electron chi connectivity index (χ1n) is 4.39. The zero-order chi connectivity index (χ0) is 11.4. The second-order valence-electron chi connectivity index (χ2n) is 3.02. The maximum absolute atomic E-state index is 11.4. The van der Waals surface area contributed by atoms with Gasteiger partial charge in [-0.1, -0.05) is 18.2 Å². The zero-order valence-corrected chi connectivity index (χ0v) is 9.25. The average Bonchev–Trinajstić information content (AvgIpc) is 2.26. The summed E-state index contributed by atoms with van der Waals surface area (Å²) in [7, 11) is 1.49. The normalized spacial score (nSPS) is 11.9. The van der Waals surface area contributed by atoms with Crippen molar-refractivity contribution in [3.05, 3.63) is 29.8 Å². The summed E-state index contributed by atoms with van der Waals surface area (Å²) < 4.78 is 5.05. The molecule has 0 amide bonds. The Balaban J connectivity index is 3.05. The molecule has 0 fully saturated rings. The van der Waals surface area contributed by atoms with Crippen LogP contribution in [0.1, 0.15) is 17.9 Å². The lowest BCUT2D eigenvalue weighted by atomic mass is 10.1. The minimum atomic E-state index is -0.973. The standard InChI is InChI=1S/C11H11ClO3/c1-7(13)11(14)10(12)8-5-3-4-6-9(8)15-2/h3-6,10H,1-2H3. The number of alkyl halides is 1. The molecule has 0 heterocycles. The van der Waals surface area contributed by atoms with Crippen molar-refractivity contribution in [3.63, 3.8) is 0 Å². The minimum absolute atomic E-state index is 0.507. The van der Waals surface area contributed by atoms with Crippen LogP contribution in [0.3, 0.4) is 0 Å². The van der Waals surface area contributed by atoms with E-state index in [0.717, 1.165) is 0 Å². The average molecular weight is 227 g/mol. The maximum Gasteiger partial charge on any atom is 0.220 e. The molecule has 0 saturated heterocycles. The van der Waals surface area contributed by atoms with Crippen molar-refractivity contribution in [2.45, 2.75) is 12.3 Å². The van der Waals surface area contributed by atoms with E-state index in [9.17, 15) is 9.59 Å². The van der Waals surface area contributed by atoms with Crippen LogP contribution in [0, 0.1) is 0 Å². The van der Waals surface area contributed by atoms with E-state index >= 15 is 0 Å². The van der Waals surface area contributed by atoms with Crippen LogP contribution in [0.15, 0.2) is 24.3 Å². The Morgan fingerprint density at radius 2 is 1.93 bits per heavy atom. The smallest absolute Gasteiger partial charge is 0.220 e. The van der Waals surface area contributed by atoms with E-state index < -0.39 is 16.9 Å². The van der Waals surface area contributed by atoms with Gasteiger partial charge in [-0.15, -0.1) is 11.6 Å². The first-order chi connectivity index (χ1) is 7.07. The molecule has 0 spiro atoms. The van der Waals surface area contributed by atoms with Crippen molar-refractivity contribution < 1.29 is 14.3 Å². The molecular weight excluding hydrogens is 216 g/mol. The molecule has 80 valence electrons. The fourth-order valence-electron chi connectivity index (χ4n) is 1.20. The van der Waals surface area contributed by atoms with Crippen molar-refractivity contribution in [3.8, 4) is 5.75 Å². The van der Waals surface area contributed by atoms with Crippen LogP contribution < -0.4 is 4.74 Å². The number of ketones is 2. The summed E-state index contributed by atoms with van der Waals surface area (Å²) in [4.78, 5) is 22.3. The van der Waals surface area contributed by atoms with Gasteiger partial charge >= 0.3 is 0 Å². The molecule has 0 radical (unpaired) electrons. The first-order valence-corrected chi connectivity index (χ1v) is 4.83. The van der Waals surface area contributed by atoms with Crippen LogP contribution in [0.25, 0.3) is 0 Å². The third kappa shape index (κ3) is 2.57. The fraction of sp³-hybridized carbons (Fsp3) is 0.273. The third-order valence-corrected chi connectivity index (χ3v) is 2.42. The van der Waals surface area contributed by atoms with Crippen molar-refractivity contribution in [1.82, 2.24) is 0 Å². The molecule has 0 aromatic heterocycles. The largest absolute Gasteiger partial charge is 0.496 e. The molecule has 1 aromatic rings. The van der Waals surface area contributed by atoms with Gasteiger partial charge in [-0.2, -0.15) is 0 Å². The molecule has 0 bridgehead atoms. The molecule has 3 nitrogen and oxygen atoms in total. The Morgan fingerprint density at radius 3 is 2.47 bits per heavy atom. The number of hydrogen-bond donors (Lipinski definition) is 0. The Bertz CT molecular complexity index is 387. The van der Waals surface area contributed by atoms with Gasteiger partial charge in [-0.05, 0) is 6.07 Å². The number of benzene rings is 1. The van der Waals surface area contributed by atoms with Crippen LogP contribution in [-0.4, -0.2) is 18.7 Å². The Labute approximate surface area is 93.0 Å². The molecule has 0 aliphatic heterocycles. The predicted molar refractivity (Wildman–Crippen MR) is 57.3 cm³/mol. The Kier molecular flexibility index (Phi) is 3.86. The highest BCUT2D eigenvalue weighted by Crippen LogP contribution is 2.30. The molecule has 15 heavy (non-hydrogen) atoms. The number of hydrogen-bond acceptors (Lipinski definition) is 3. The van der Waals surface area contributed by atoms with E-state index in [4.69, 9.17) is 16.3 Å². The Morgan fingerprint density at radius 1 is 1.33 bits per heavy atom. The van der Waals surface area contributed by atoms with Gasteiger partial charge in [0.05, 0.1) is 7.11 Å². The molecule has 0 aliphatic carbocycles. The van der Waals surface area contributed by atoms with Crippen molar-refractivity contribution in [2.24, 2.45) is 0 Å². The lowest BCUT2D eigenvalue weighted by molar-refractivity contribution is -0.135. The second kappa shape index (κ2) is 4.94. The van der Waals surface area contributed by atoms with E-state index in [1.165, 1.54) is 14.0 Å². The fourth-order valence-corrected chi connectivity index (χ4v) is 1.53. The van der Waals surface area contributed by atoms with Gasteiger partial charge in [0, 0.05) is 12.5 Å². The maximum atomic E-state index is 11.4. The summed E-state index contributed by atoms with van der Waals surface area (Å²) >= 11 is 5.89. The molecule has 4 heteroatoms. The molecule has 1 unspecified atom stereocenters. The van der Waals surface area contributed by atoms with E-state index in [0.29, 0.717) is 11.3 Å². The summed E-state index contributed by atoms with van der Waals surface area (Å²) in [5.41, 5.74) is 0.516. The summed E-state index contributed by atoms with van der Waals surface area (Å²) in [5, 5.41) is -0.973. The number of carbonyl (C=O) groups is 2. The highest BCUT2D eigenvalue weighted by molar-refractivity contribution is 6.49. The number of para-hydroxylation sites is 1. The zero-order valence-electron chi connectivity index (χ0n) is 8.49. The summed E-state index contributed by atoms with van der Waals surface area (Å²) in [6, 6.07) is 6.86. The van der Waals surface area contributed by atoms with Crippen LogP contribution in [0.5, 0.6) is 5.75 Å². The molecule has 0 aliphatic rings. The summed E-state index contributed by atoms with van der Waals surface area (Å²) in [5.74, 6) is -0.672.